The Labute approximate surface area is 182 Å². The van der Waals surface area contributed by atoms with Gasteiger partial charge >= 0.3 is 5.97 Å². The standard InChI is InChI=1S/C23H41N3O4/c1-9-30-22(29)16(4)14-18(15(2)3)26(8)21(28)19(23(5,6)7)25-20(27)17-10-12-24-13-11-17/h14-15,17-19,24H,9-13H2,1-8H3,(H,25,27)/b16-14+/t18?,19-/m1/s1. The van der Waals surface area contributed by atoms with Crippen molar-refractivity contribution in [3.05, 3.63) is 11.6 Å². The summed E-state index contributed by atoms with van der Waals surface area (Å²) in [6, 6.07) is -0.940. The normalized spacial score (nSPS) is 18.0. The molecule has 0 aliphatic carbocycles. The van der Waals surface area contributed by atoms with Crippen molar-refractivity contribution in [1.29, 1.82) is 0 Å². The number of nitrogens with zero attached hydrogens (tertiary/aromatic N) is 1. The van der Waals surface area contributed by atoms with Crippen LogP contribution in [0.25, 0.3) is 0 Å². The lowest BCUT2D eigenvalue weighted by Gasteiger charge is -2.38. The number of nitrogens with one attached hydrogen (secondary N) is 2. The molecule has 1 aliphatic rings. The first kappa shape index (κ1) is 26.1. The summed E-state index contributed by atoms with van der Waals surface area (Å²) in [5.41, 5.74) is 0.0243. The molecule has 0 spiro atoms. The number of hydrogen-bond donors (Lipinski definition) is 2. The van der Waals surface area contributed by atoms with Crippen LogP contribution >= 0.6 is 0 Å². The molecular formula is C23H41N3O4. The summed E-state index contributed by atoms with van der Waals surface area (Å²) in [7, 11) is 1.73. The third kappa shape index (κ3) is 7.42. The summed E-state index contributed by atoms with van der Waals surface area (Å²) in [6.07, 6.45) is 3.35. The number of esters is 1. The van der Waals surface area contributed by atoms with Gasteiger partial charge in [-0.25, -0.2) is 4.79 Å². The zero-order valence-electron chi connectivity index (χ0n) is 20.0. The van der Waals surface area contributed by atoms with Crippen LogP contribution in [0.15, 0.2) is 11.6 Å². The lowest BCUT2D eigenvalue weighted by Crippen LogP contribution is -2.57. The fourth-order valence-electron chi connectivity index (χ4n) is 3.66. The smallest absolute Gasteiger partial charge is 0.333 e. The molecular weight excluding hydrogens is 382 g/mol. The molecule has 0 radical (unpaired) electrons. The van der Waals surface area contributed by atoms with Crippen molar-refractivity contribution in [3.8, 4) is 0 Å². The number of carbonyl (C=O) groups is 3. The molecule has 2 amide bonds. The third-order valence-corrected chi connectivity index (χ3v) is 5.61. The summed E-state index contributed by atoms with van der Waals surface area (Å²) in [4.78, 5) is 40.0. The Bertz CT molecular complexity index is 631. The van der Waals surface area contributed by atoms with Gasteiger partial charge in [-0.2, -0.15) is 0 Å². The van der Waals surface area contributed by atoms with E-state index in [9.17, 15) is 14.4 Å². The SMILES string of the molecule is CCOC(=O)/C(C)=C/C(C(C)C)N(C)C(=O)[C@@H](NC(=O)C1CCNCC1)C(C)(C)C. The molecule has 1 fully saturated rings. The summed E-state index contributed by atoms with van der Waals surface area (Å²) < 4.78 is 5.07. The van der Waals surface area contributed by atoms with Gasteiger partial charge in [-0.05, 0) is 51.1 Å². The van der Waals surface area contributed by atoms with Crippen LogP contribution in [0.2, 0.25) is 0 Å². The Morgan fingerprint density at radius 1 is 1.20 bits per heavy atom. The number of rotatable bonds is 8. The molecule has 1 aliphatic heterocycles. The summed E-state index contributed by atoms with van der Waals surface area (Å²) in [5, 5.41) is 6.29. The molecule has 7 heteroatoms. The average molecular weight is 424 g/mol. The van der Waals surface area contributed by atoms with Crippen molar-refractivity contribution in [2.75, 3.05) is 26.7 Å². The van der Waals surface area contributed by atoms with Gasteiger partial charge in [0.15, 0.2) is 0 Å². The van der Waals surface area contributed by atoms with Gasteiger partial charge in [0.2, 0.25) is 11.8 Å². The molecule has 7 nitrogen and oxygen atoms in total. The fourth-order valence-corrected chi connectivity index (χ4v) is 3.66. The van der Waals surface area contributed by atoms with Gasteiger partial charge in [0.1, 0.15) is 6.04 Å². The fraction of sp³-hybridized carbons (Fsp3) is 0.783. The van der Waals surface area contributed by atoms with E-state index in [4.69, 9.17) is 4.74 Å². The van der Waals surface area contributed by atoms with Crippen molar-refractivity contribution in [2.24, 2.45) is 17.3 Å². The highest BCUT2D eigenvalue weighted by molar-refractivity contribution is 5.90. The van der Waals surface area contributed by atoms with Crippen LogP contribution in [0.3, 0.4) is 0 Å². The first-order valence-electron chi connectivity index (χ1n) is 11.0. The summed E-state index contributed by atoms with van der Waals surface area (Å²) >= 11 is 0. The van der Waals surface area contributed by atoms with Crippen molar-refractivity contribution >= 4 is 17.8 Å². The van der Waals surface area contributed by atoms with Crippen LogP contribution in [-0.4, -0.2) is 61.5 Å². The largest absolute Gasteiger partial charge is 0.463 e. The number of carbonyl (C=O) groups excluding carboxylic acids is 3. The highest BCUT2D eigenvalue weighted by Crippen LogP contribution is 2.25. The van der Waals surface area contributed by atoms with Crippen LogP contribution in [0.5, 0.6) is 0 Å². The molecule has 0 bridgehead atoms. The number of piperidine rings is 1. The molecule has 2 N–H and O–H groups in total. The van der Waals surface area contributed by atoms with E-state index in [-0.39, 0.29) is 35.7 Å². The second kappa shape index (κ2) is 11.5. The molecule has 172 valence electrons. The molecule has 1 rings (SSSR count). The van der Waals surface area contributed by atoms with Crippen molar-refractivity contribution in [3.63, 3.8) is 0 Å². The highest BCUT2D eigenvalue weighted by atomic mass is 16.5. The highest BCUT2D eigenvalue weighted by Gasteiger charge is 2.38. The molecule has 1 heterocycles. The number of hydrogen-bond acceptors (Lipinski definition) is 5. The van der Waals surface area contributed by atoms with E-state index in [1.807, 2.05) is 34.6 Å². The number of amides is 2. The van der Waals surface area contributed by atoms with E-state index in [1.165, 1.54) is 0 Å². The maximum atomic E-state index is 13.5. The third-order valence-electron chi connectivity index (χ3n) is 5.61. The van der Waals surface area contributed by atoms with Crippen LogP contribution < -0.4 is 10.6 Å². The van der Waals surface area contributed by atoms with Gasteiger partial charge in [0.25, 0.3) is 0 Å². The van der Waals surface area contributed by atoms with E-state index in [0.717, 1.165) is 25.9 Å². The van der Waals surface area contributed by atoms with E-state index in [2.05, 4.69) is 10.6 Å². The van der Waals surface area contributed by atoms with E-state index < -0.39 is 11.5 Å². The quantitative estimate of drug-likeness (QED) is 0.463. The Balaban J connectivity index is 3.06. The molecule has 0 aromatic heterocycles. The summed E-state index contributed by atoms with van der Waals surface area (Å²) in [5.74, 6) is -0.574. The molecule has 30 heavy (non-hydrogen) atoms. The molecule has 0 aromatic rings. The van der Waals surface area contributed by atoms with Crippen LogP contribution in [0.4, 0.5) is 0 Å². The molecule has 0 saturated carbocycles. The Hall–Kier alpha value is -1.89. The van der Waals surface area contributed by atoms with Gasteiger partial charge in [-0.3, -0.25) is 9.59 Å². The minimum absolute atomic E-state index is 0.0579. The van der Waals surface area contributed by atoms with Gasteiger partial charge in [0, 0.05) is 18.5 Å². The molecule has 1 unspecified atom stereocenters. The minimum Gasteiger partial charge on any atom is -0.463 e. The second-order valence-corrected chi connectivity index (χ2v) is 9.59. The van der Waals surface area contributed by atoms with Crippen LogP contribution in [0.1, 0.15) is 61.3 Å². The first-order chi connectivity index (χ1) is 13.9. The predicted molar refractivity (Wildman–Crippen MR) is 119 cm³/mol. The van der Waals surface area contributed by atoms with E-state index in [0.29, 0.717) is 12.2 Å². The lowest BCUT2D eigenvalue weighted by molar-refractivity contribution is -0.141. The van der Waals surface area contributed by atoms with Crippen LogP contribution in [-0.2, 0) is 19.1 Å². The maximum Gasteiger partial charge on any atom is 0.333 e. The maximum absolute atomic E-state index is 13.5. The van der Waals surface area contributed by atoms with Gasteiger partial charge in [-0.1, -0.05) is 40.7 Å². The topological polar surface area (TPSA) is 87.7 Å². The Kier molecular flexibility index (Phi) is 10.0. The van der Waals surface area contributed by atoms with Gasteiger partial charge in [-0.15, -0.1) is 0 Å². The molecule has 1 saturated heterocycles. The van der Waals surface area contributed by atoms with E-state index >= 15 is 0 Å². The number of ether oxygens (including phenoxy) is 1. The number of likely N-dealkylation sites (N-methyl/N-ethyl adjacent to an activating group) is 1. The monoisotopic (exact) mass is 423 g/mol. The second-order valence-electron chi connectivity index (χ2n) is 9.59. The van der Waals surface area contributed by atoms with Crippen molar-refractivity contribution in [1.82, 2.24) is 15.5 Å². The molecule has 2 atom stereocenters. The van der Waals surface area contributed by atoms with Gasteiger partial charge in [0.05, 0.1) is 12.6 Å². The Morgan fingerprint density at radius 2 is 1.77 bits per heavy atom. The van der Waals surface area contributed by atoms with Crippen molar-refractivity contribution < 1.29 is 19.1 Å². The predicted octanol–water partition coefficient (Wildman–Crippen LogP) is 2.51. The van der Waals surface area contributed by atoms with Crippen LogP contribution in [0, 0.1) is 17.3 Å². The Morgan fingerprint density at radius 3 is 2.23 bits per heavy atom. The van der Waals surface area contributed by atoms with Crippen molar-refractivity contribution in [2.45, 2.75) is 73.4 Å². The average Bonchev–Trinajstić information content (AvgIpc) is 2.68. The zero-order chi connectivity index (χ0) is 23.1. The zero-order valence-corrected chi connectivity index (χ0v) is 20.0. The lowest BCUT2D eigenvalue weighted by atomic mass is 9.84. The van der Waals surface area contributed by atoms with E-state index in [1.54, 1.807) is 31.9 Å². The minimum atomic E-state index is -0.651. The van der Waals surface area contributed by atoms with Gasteiger partial charge < -0.3 is 20.3 Å². The summed E-state index contributed by atoms with van der Waals surface area (Å²) in [6.45, 7) is 15.3. The molecule has 0 aromatic carbocycles. The first-order valence-corrected chi connectivity index (χ1v) is 11.0.